The number of para-hydroxylation sites is 1. The van der Waals surface area contributed by atoms with Crippen molar-refractivity contribution in [2.24, 2.45) is 0 Å². The first-order chi connectivity index (χ1) is 22.3. The fraction of sp³-hybridized carbons (Fsp3) is 0. The van der Waals surface area contributed by atoms with Gasteiger partial charge in [-0.2, -0.15) is 5.26 Å². The van der Waals surface area contributed by atoms with E-state index in [2.05, 4.69) is 66.7 Å². The molecule has 0 aliphatic heterocycles. The second-order valence-electron chi connectivity index (χ2n) is 10.9. The van der Waals surface area contributed by atoms with Crippen LogP contribution in [0.3, 0.4) is 0 Å². The van der Waals surface area contributed by atoms with Gasteiger partial charge in [0, 0.05) is 33.0 Å². The molecule has 6 aromatic carbocycles. The molecule has 45 heavy (non-hydrogen) atoms. The fourth-order valence-electron chi connectivity index (χ4n) is 5.95. The number of nitriles is 1. The fourth-order valence-corrected chi connectivity index (χ4v) is 5.95. The number of aromatic nitrogens is 2. The van der Waals surface area contributed by atoms with Gasteiger partial charge in [0.1, 0.15) is 11.2 Å². The average Bonchev–Trinajstić information content (AvgIpc) is 3.51. The van der Waals surface area contributed by atoms with Crippen LogP contribution in [0.5, 0.6) is 0 Å². The molecule has 0 unspecified atom stereocenters. The van der Waals surface area contributed by atoms with Crippen molar-refractivity contribution in [3.63, 3.8) is 0 Å². The highest BCUT2D eigenvalue weighted by Crippen LogP contribution is 2.42. The minimum absolute atomic E-state index is 0.642. The van der Waals surface area contributed by atoms with Gasteiger partial charge in [-0.15, -0.1) is 0 Å². The quantitative estimate of drug-likeness (QED) is 0.205. The Kier molecular flexibility index (Phi) is 6.48. The summed E-state index contributed by atoms with van der Waals surface area (Å²) in [4.78, 5) is 10.9. The van der Waals surface area contributed by atoms with Crippen molar-refractivity contribution in [1.82, 2.24) is 9.97 Å². The van der Waals surface area contributed by atoms with Crippen molar-refractivity contribution in [1.29, 1.82) is 5.26 Å². The highest BCUT2D eigenvalue weighted by molar-refractivity contribution is 6.13. The van der Waals surface area contributed by atoms with Crippen LogP contribution < -0.4 is 0 Å². The zero-order valence-corrected chi connectivity index (χ0v) is 24.2. The van der Waals surface area contributed by atoms with Crippen molar-refractivity contribution in [3.05, 3.63) is 157 Å². The van der Waals surface area contributed by atoms with E-state index in [9.17, 15) is 5.26 Å². The van der Waals surface area contributed by atoms with Gasteiger partial charge in [-0.05, 0) is 35.4 Å². The largest absolute Gasteiger partial charge is 0.456 e. The van der Waals surface area contributed by atoms with Gasteiger partial charge in [-0.1, -0.05) is 127 Å². The molecular formula is C41H25N3O. The van der Waals surface area contributed by atoms with Crippen LogP contribution >= 0.6 is 0 Å². The summed E-state index contributed by atoms with van der Waals surface area (Å²) in [5.74, 6) is 0. The third-order valence-corrected chi connectivity index (χ3v) is 8.15. The summed E-state index contributed by atoms with van der Waals surface area (Å²) in [5.41, 5.74) is 11.5. The molecule has 0 aliphatic rings. The molecule has 2 aromatic heterocycles. The van der Waals surface area contributed by atoms with Crippen molar-refractivity contribution in [2.75, 3.05) is 0 Å². The van der Waals surface area contributed by atoms with Gasteiger partial charge in [0.2, 0.25) is 0 Å². The van der Waals surface area contributed by atoms with E-state index in [0.717, 1.165) is 78.1 Å². The van der Waals surface area contributed by atoms with Gasteiger partial charge in [-0.3, -0.25) is 0 Å². The number of furan rings is 1. The summed E-state index contributed by atoms with van der Waals surface area (Å²) in [7, 11) is 0. The average molecular weight is 576 g/mol. The van der Waals surface area contributed by atoms with Gasteiger partial charge in [0.25, 0.3) is 0 Å². The second kappa shape index (κ2) is 11.1. The number of benzene rings is 6. The summed E-state index contributed by atoms with van der Waals surface area (Å²) in [5, 5.41) is 11.3. The maximum absolute atomic E-state index is 9.22. The highest BCUT2D eigenvalue weighted by Gasteiger charge is 2.22. The van der Waals surface area contributed by atoms with E-state index in [1.807, 2.05) is 91.0 Å². The lowest BCUT2D eigenvalue weighted by atomic mass is 9.96. The molecule has 4 nitrogen and oxygen atoms in total. The lowest BCUT2D eigenvalue weighted by molar-refractivity contribution is 0.669. The van der Waals surface area contributed by atoms with E-state index in [1.165, 1.54) is 0 Å². The van der Waals surface area contributed by atoms with Crippen LogP contribution in [0.2, 0.25) is 0 Å². The van der Waals surface area contributed by atoms with Crippen LogP contribution in [0.4, 0.5) is 0 Å². The van der Waals surface area contributed by atoms with Gasteiger partial charge in [-0.25, -0.2) is 9.97 Å². The van der Waals surface area contributed by atoms with E-state index < -0.39 is 0 Å². The molecule has 210 valence electrons. The zero-order chi connectivity index (χ0) is 30.2. The molecule has 0 N–H and O–H groups in total. The van der Waals surface area contributed by atoms with Gasteiger partial charge >= 0.3 is 0 Å². The normalized spacial score (nSPS) is 11.1. The molecule has 8 aromatic rings. The monoisotopic (exact) mass is 575 g/mol. The summed E-state index contributed by atoms with van der Waals surface area (Å²) in [6.45, 7) is 0. The molecule has 0 fully saturated rings. The van der Waals surface area contributed by atoms with E-state index in [0.29, 0.717) is 5.56 Å². The minimum Gasteiger partial charge on any atom is -0.456 e. The SMILES string of the molecule is N#Cc1ccc(-c2ccc(-c3nc(-c4ccccc4)c(-c4ccccc4)nc3-c3cccc4oc5ccccc5c34)cc2)cc1. The topological polar surface area (TPSA) is 62.7 Å². The number of rotatable bonds is 5. The molecule has 0 spiro atoms. The maximum Gasteiger partial charge on any atom is 0.136 e. The zero-order valence-electron chi connectivity index (χ0n) is 24.2. The standard InChI is InChI=1S/C41H25N3O/c42-26-27-18-20-28(21-19-27)29-22-24-32(25-23-29)40-41(34-15-9-17-36-37(34)33-14-7-8-16-35(33)45-36)44-39(31-12-5-2-6-13-31)38(43-40)30-10-3-1-4-11-30/h1-25H. The lowest BCUT2D eigenvalue weighted by Crippen LogP contribution is -2.01. The molecule has 2 heterocycles. The first kappa shape index (κ1) is 26.3. The molecule has 0 bridgehead atoms. The van der Waals surface area contributed by atoms with Crippen molar-refractivity contribution >= 4 is 21.9 Å². The van der Waals surface area contributed by atoms with Crippen LogP contribution in [0.1, 0.15) is 5.56 Å². The van der Waals surface area contributed by atoms with Crippen LogP contribution in [0, 0.1) is 11.3 Å². The highest BCUT2D eigenvalue weighted by atomic mass is 16.3. The number of hydrogen-bond acceptors (Lipinski definition) is 4. The first-order valence-corrected chi connectivity index (χ1v) is 14.8. The van der Waals surface area contributed by atoms with Gasteiger partial charge in [0.05, 0.1) is 34.4 Å². The second-order valence-corrected chi connectivity index (χ2v) is 10.9. The smallest absolute Gasteiger partial charge is 0.136 e. The Morgan fingerprint density at radius 1 is 0.422 bits per heavy atom. The number of hydrogen-bond donors (Lipinski definition) is 0. The van der Waals surface area contributed by atoms with Crippen LogP contribution in [0.25, 0.3) is 78.1 Å². The molecule has 4 heteroatoms. The molecule has 0 radical (unpaired) electrons. The molecule has 0 aliphatic carbocycles. The van der Waals surface area contributed by atoms with Crippen LogP contribution in [0.15, 0.2) is 156 Å². The predicted octanol–water partition coefficient (Wildman–Crippen LogP) is 10.6. The summed E-state index contributed by atoms with van der Waals surface area (Å²) in [6, 6.07) is 53.0. The van der Waals surface area contributed by atoms with Crippen LogP contribution in [-0.2, 0) is 0 Å². The first-order valence-electron chi connectivity index (χ1n) is 14.8. The van der Waals surface area contributed by atoms with E-state index in [1.54, 1.807) is 0 Å². The molecule has 0 atom stereocenters. The number of fused-ring (bicyclic) bond motifs is 3. The van der Waals surface area contributed by atoms with E-state index >= 15 is 0 Å². The Morgan fingerprint density at radius 3 is 1.56 bits per heavy atom. The third-order valence-electron chi connectivity index (χ3n) is 8.15. The summed E-state index contributed by atoms with van der Waals surface area (Å²) < 4.78 is 6.28. The van der Waals surface area contributed by atoms with Gasteiger partial charge in [0.15, 0.2) is 0 Å². The summed E-state index contributed by atoms with van der Waals surface area (Å²) >= 11 is 0. The third kappa shape index (κ3) is 4.74. The summed E-state index contributed by atoms with van der Waals surface area (Å²) in [6.07, 6.45) is 0. The Balaban J connectivity index is 1.40. The van der Waals surface area contributed by atoms with Crippen molar-refractivity contribution < 1.29 is 4.42 Å². The van der Waals surface area contributed by atoms with E-state index in [-0.39, 0.29) is 0 Å². The Morgan fingerprint density at radius 2 is 0.911 bits per heavy atom. The minimum atomic E-state index is 0.642. The van der Waals surface area contributed by atoms with Crippen LogP contribution in [-0.4, -0.2) is 9.97 Å². The maximum atomic E-state index is 9.22. The molecule has 0 saturated heterocycles. The van der Waals surface area contributed by atoms with Crippen molar-refractivity contribution in [3.8, 4) is 62.2 Å². The van der Waals surface area contributed by atoms with Crippen molar-refractivity contribution in [2.45, 2.75) is 0 Å². The number of nitrogens with zero attached hydrogens (tertiary/aromatic N) is 3. The molecule has 0 amide bonds. The Hall–Kier alpha value is -6.31. The van der Waals surface area contributed by atoms with E-state index in [4.69, 9.17) is 14.4 Å². The molecule has 8 rings (SSSR count). The molecule has 0 saturated carbocycles. The Bertz CT molecular complexity index is 2350. The predicted molar refractivity (Wildman–Crippen MR) is 181 cm³/mol. The Labute approximate surface area is 260 Å². The lowest BCUT2D eigenvalue weighted by Gasteiger charge is -2.17. The molecular weight excluding hydrogens is 550 g/mol. The van der Waals surface area contributed by atoms with Gasteiger partial charge < -0.3 is 4.42 Å².